The van der Waals surface area contributed by atoms with Crippen molar-refractivity contribution < 1.29 is 4.74 Å². The highest BCUT2D eigenvalue weighted by molar-refractivity contribution is 5.79. The van der Waals surface area contributed by atoms with Crippen LogP contribution in [0.3, 0.4) is 0 Å². The second kappa shape index (κ2) is 7.10. The number of guanidine groups is 1. The molecule has 1 rings (SSSR count). The molecular weight excluding hydrogens is 240 g/mol. The summed E-state index contributed by atoms with van der Waals surface area (Å²) in [5, 5.41) is 6.67. The minimum atomic E-state index is -0.186. The van der Waals surface area contributed by atoms with E-state index >= 15 is 0 Å². The molecular formula is C14H30N4O. The van der Waals surface area contributed by atoms with E-state index in [1.165, 1.54) is 12.8 Å². The number of rotatable bonds is 7. The predicted molar refractivity (Wildman–Crippen MR) is 80.7 cm³/mol. The van der Waals surface area contributed by atoms with E-state index in [9.17, 15) is 0 Å². The highest BCUT2D eigenvalue weighted by Crippen LogP contribution is 2.26. The maximum atomic E-state index is 5.38. The van der Waals surface area contributed by atoms with Crippen LogP contribution in [-0.2, 0) is 4.74 Å². The fourth-order valence-corrected chi connectivity index (χ4v) is 1.82. The predicted octanol–water partition coefficient (Wildman–Crippen LogP) is 1.06. The average molecular weight is 270 g/mol. The molecule has 0 amide bonds. The van der Waals surface area contributed by atoms with E-state index in [0.717, 1.165) is 25.1 Å². The van der Waals surface area contributed by atoms with Crippen molar-refractivity contribution in [1.82, 2.24) is 15.5 Å². The Morgan fingerprint density at radius 2 is 2.05 bits per heavy atom. The number of ether oxygens (including phenoxy) is 1. The summed E-state index contributed by atoms with van der Waals surface area (Å²) >= 11 is 0. The van der Waals surface area contributed by atoms with Gasteiger partial charge in [-0.15, -0.1) is 0 Å². The first kappa shape index (κ1) is 16.2. The molecule has 0 heterocycles. The molecule has 112 valence electrons. The van der Waals surface area contributed by atoms with E-state index in [2.05, 4.69) is 48.3 Å². The maximum Gasteiger partial charge on any atom is 0.191 e. The van der Waals surface area contributed by atoms with E-state index in [-0.39, 0.29) is 5.60 Å². The number of hydrogen-bond donors (Lipinski definition) is 2. The lowest BCUT2D eigenvalue weighted by Gasteiger charge is -2.27. The zero-order valence-electron chi connectivity index (χ0n) is 13.3. The monoisotopic (exact) mass is 270 g/mol. The fourth-order valence-electron chi connectivity index (χ4n) is 1.82. The van der Waals surface area contributed by atoms with Gasteiger partial charge in [-0.05, 0) is 40.7 Å². The summed E-state index contributed by atoms with van der Waals surface area (Å²) in [5.41, 5.74) is -0.186. The number of methoxy groups -OCH3 is 1. The van der Waals surface area contributed by atoms with Crippen LogP contribution in [0.1, 0.15) is 33.6 Å². The molecule has 0 aromatic carbocycles. The number of nitrogens with zero attached hydrogens (tertiary/aromatic N) is 2. The van der Waals surface area contributed by atoms with Crippen LogP contribution >= 0.6 is 0 Å². The molecule has 0 spiro atoms. The van der Waals surface area contributed by atoms with Crippen molar-refractivity contribution in [3.05, 3.63) is 0 Å². The van der Waals surface area contributed by atoms with Crippen LogP contribution < -0.4 is 10.6 Å². The van der Waals surface area contributed by atoms with E-state index < -0.39 is 0 Å². The molecule has 0 radical (unpaired) electrons. The summed E-state index contributed by atoms with van der Waals surface area (Å²) in [5.74, 6) is 0.834. The van der Waals surface area contributed by atoms with Crippen molar-refractivity contribution in [2.24, 2.45) is 4.99 Å². The summed E-state index contributed by atoms with van der Waals surface area (Å²) in [6.45, 7) is 7.99. The Hall–Kier alpha value is -0.810. The van der Waals surface area contributed by atoms with Crippen LogP contribution in [0.5, 0.6) is 0 Å². The van der Waals surface area contributed by atoms with Crippen molar-refractivity contribution >= 4 is 5.96 Å². The standard InChI is InChI=1S/C14H30N4O/c1-11(18(5)12-7-8-12)9-16-13(15-4)17-10-14(2,3)19-6/h11-12H,7-10H2,1-6H3,(H2,15,16,17). The first-order chi connectivity index (χ1) is 8.89. The van der Waals surface area contributed by atoms with Gasteiger partial charge in [0.1, 0.15) is 0 Å². The summed E-state index contributed by atoms with van der Waals surface area (Å²) in [7, 11) is 5.73. The lowest BCUT2D eigenvalue weighted by molar-refractivity contribution is 0.0268. The van der Waals surface area contributed by atoms with Crippen LogP contribution in [-0.4, -0.2) is 62.8 Å². The summed E-state index contributed by atoms with van der Waals surface area (Å²) in [4.78, 5) is 6.68. The minimum Gasteiger partial charge on any atom is -0.377 e. The summed E-state index contributed by atoms with van der Waals surface area (Å²) in [6.07, 6.45) is 2.69. The zero-order chi connectivity index (χ0) is 14.5. The Kier molecular flexibility index (Phi) is 6.07. The largest absolute Gasteiger partial charge is 0.377 e. The average Bonchev–Trinajstić information content (AvgIpc) is 3.22. The van der Waals surface area contributed by atoms with Crippen LogP contribution in [0.4, 0.5) is 0 Å². The Morgan fingerprint density at radius 1 is 1.42 bits per heavy atom. The minimum absolute atomic E-state index is 0.186. The van der Waals surface area contributed by atoms with Gasteiger partial charge in [0, 0.05) is 39.3 Å². The van der Waals surface area contributed by atoms with E-state index in [4.69, 9.17) is 4.74 Å². The topological polar surface area (TPSA) is 48.9 Å². The second-order valence-corrected chi connectivity index (χ2v) is 6.02. The molecule has 1 aliphatic carbocycles. The molecule has 5 heteroatoms. The lowest BCUT2D eigenvalue weighted by atomic mass is 10.1. The number of nitrogens with one attached hydrogen (secondary N) is 2. The third kappa shape index (κ3) is 5.78. The second-order valence-electron chi connectivity index (χ2n) is 6.02. The molecule has 19 heavy (non-hydrogen) atoms. The molecule has 1 atom stereocenters. The molecule has 1 fully saturated rings. The van der Waals surface area contributed by atoms with Crippen molar-refractivity contribution in [2.75, 3.05) is 34.3 Å². The molecule has 2 N–H and O–H groups in total. The van der Waals surface area contributed by atoms with E-state index in [1.807, 2.05) is 0 Å². The Balaban J connectivity index is 2.28. The normalized spacial score (nSPS) is 18.6. The van der Waals surface area contributed by atoms with Crippen molar-refractivity contribution in [1.29, 1.82) is 0 Å². The number of hydrogen-bond acceptors (Lipinski definition) is 3. The highest BCUT2D eigenvalue weighted by atomic mass is 16.5. The molecule has 0 aromatic heterocycles. The summed E-state index contributed by atoms with van der Waals surface area (Å²) < 4.78 is 5.38. The lowest BCUT2D eigenvalue weighted by Crippen LogP contribution is -2.48. The van der Waals surface area contributed by atoms with Gasteiger partial charge in [0.05, 0.1) is 5.60 Å². The van der Waals surface area contributed by atoms with Crippen molar-refractivity contribution in [3.8, 4) is 0 Å². The van der Waals surface area contributed by atoms with Crippen LogP contribution in [0.25, 0.3) is 0 Å². The molecule has 1 unspecified atom stereocenters. The molecule has 0 aromatic rings. The third-order valence-electron chi connectivity index (χ3n) is 3.84. The van der Waals surface area contributed by atoms with E-state index in [0.29, 0.717) is 6.04 Å². The Morgan fingerprint density at radius 3 is 2.53 bits per heavy atom. The van der Waals surface area contributed by atoms with Crippen molar-refractivity contribution in [2.45, 2.75) is 51.3 Å². The molecule has 1 saturated carbocycles. The highest BCUT2D eigenvalue weighted by Gasteiger charge is 2.29. The van der Waals surface area contributed by atoms with Gasteiger partial charge in [0.15, 0.2) is 5.96 Å². The zero-order valence-corrected chi connectivity index (χ0v) is 13.3. The van der Waals surface area contributed by atoms with Crippen LogP contribution in [0.15, 0.2) is 4.99 Å². The van der Waals surface area contributed by atoms with Gasteiger partial charge < -0.3 is 15.4 Å². The quantitative estimate of drug-likeness (QED) is 0.536. The fraction of sp³-hybridized carbons (Fsp3) is 0.929. The molecule has 0 aliphatic heterocycles. The number of likely N-dealkylation sites (N-methyl/N-ethyl adjacent to an activating group) is 1. The van der Waals surface area contributed by atoms with Crippen LogP contribution in [0.2, 0.25) is 0 Å². The van der Waals surface area contributed by atoms with Gasteiger partial charge in [-0.3, -0.25) is 9.89 Å². The Labute approximate surface area is 117 Å². The number of aliphatic imine (C=N–C) groups is 1. The maximum absolute atomic E-state index is 5.38. The van der Waals surface area contributed by atoms with Gasteiger partial charge in [0.2, 0.25) is 0 Å². The van der Waals surface area contributed by atoms with Gasteiger partial charge in [-0.1, -0.05) is 0 Å². The van der Waals surface area contributed by atoms with Crippen LogP contribution in [0, 0.1) is 0 Å². The molecule has 5 nitrogen and oxygen atoms in total. The Bertz CT molecular complexity index is 300. The first-order valence-electron chi connectivity index (χ1n) is 7.11. The molecule has 1 aliphatic rings. The smallest absolute Gasteiger partial charge is 0.191 e. The van der Waals surface area contributed by atoms with Gasteiger partial charge in [-0.2, -0.15) is 0 Å². The molecule has 0 bridgehead atoms. The SMILES string of the molecule is CN=C(NCC(C)N(C)C1CC1)NCC(C)(C)OC. The third-order valence-corrected chi connectivity index (χ3v) is 3.84. The van der Waals surface area contributed by atoms with Gasteiger partial charge in [0.25, 0.3) is 0 Å². The molecule has 0 saturated heterocycles. The van der Waals surface area contributed by atoms with Gasteiger partial charge >= 0.3 is 0 Å². The summed E-state index contributed by atoms with van der Waals surface area (Å²) in [6, 6.07) is 1.31. The first-order valence-corrected chi connectivity index (χ1v) is 7.11. The van der Waals surface area contributed by atoms with E-state index in [1.54, 1.807) is 14.2 Å². The van der Waals surface area contributed by atoms with Gasteiger partial charge in [-0.25, -0.2) is 0 Å². The van der Waals surface area contributed by atoms with Crippen molar-refractivity contribution in [3.63, 3.8) is 0 Å².